The van der Waals surface area contributed by atoms with Crippen molar-refractivity contribution in [1.82, 2.24) is 10.6 Å². The van der Waals surface area contributed by atoms with Crippen LogP contribution in [0.3, 0.4) is 0 Å². The zero-order valence-electron chi connectivity index (χ0n) is 31.0. The first-order chi connectivity index (χ1) is 23.1. The van der Waals surface area contributed by atoms with Gasteiger partial charge in [-0.2, -0.15) is 40.6 Å². The van der Waals surface area contributed by atoms with Crippen LogP contribution in [0.5, 0.6) is 0 Å². The van der Waals surface area contributed by atoms with Crippen LogP contribution in [0.15, 0.2) is 42.5 Å². The normalized spacial score (nSPS) is 42.0. The van der Waals surface area contributed by atoms with Crippen LogP contribution >= 0.6 is 17.2 Å². The minimum atomic E-state index is -1.44. The van der Waals surface area contributed by atoms with Gasteiger partial charge >= 0.3 is 17.1 Å². The van der Waals surface area contributed by atoms with Crippen molar-refractivity contribution in [1.29, 1.82) is 0 Å². The van der Waals surface area contributed by atoms with E-state index in [4.69, 9.17) is 0 Å². The molecule has 10 fully saturated rings. The molecule has 2 aromatic carbocycles. The van der Waals surface area contributed by atoms with Gasteiger partial charge in [0, 0.05) is 17.2 Å². The Balaban J connectivity index is 0.000000536. The fourth-order valence-electron chi connectivity index (χ4n) is 14.4. The van der Waals surface area contributed by atoms with E-state index >= 15 is 0 Å². The molecule has 12 rings (SSSR count). The second kappa shape index (κ2) is 13.8. The Labute approximate surface area is 314 Å². The first kappa shape index (κ1) is 36.2. The van der Waals surface area contributed by atoms with Crippen molar-refractivity contribution in [3.63, 3.8) is 0 Å². The summed E-state index contributed by atoms with van der Waals surface area (Å²) in [5, 5.41) is 11.5. The van der Waals surface area contributed by atoms with Gasteiger partial charge in [-0.05, 0) is 162 Å². The van der Waals surface area contributed by atoms with E-state index in [1.807, 2.05) is 35.9 Å². The Kier molecular flexibility index (Phi) is 10.2. The van der Waals surface area contributed by atoms with Gasteiger partial charge in [0.2, 0.25) is 0 Å². The van der Waals surface area contributed by atoms with Crippen molar-refractivity contribution in [2.45, 2.75) is 156 Å². The monoisotopic (exact) mass is 756 g/mol. The summed E-state index contributed by atoms with van der Waals surface area (Å²) in [6.07, 6.45) is 26.2. The molecular formula is C43H66FeN2P2Si. The molecule has 8 bridgehead atoms. The minimum absolute atomic E-state index is 0. The Bertz CT molecular complexity index is 1270. The molecule has 3 unspecified atom stereocenters. The molecule has 0 aromatic heterocycles. The summed E-state index contributed by atoms with van der Waals surface area (Å²) in [7, 11) is 2.13. The maximum atomic E-state index is 4.07. The molecule has 2 N–H and O–H groups in total. The molecule has 2 saturated heterocycles. The molecule has 270 valence electrons. The molecule has 2 nitrogen and oxygen atoms in total. The summed E-state index contributed by atoms with van der Waals surface area (Å²) < 4.78 is 0. The quantitative estimate of drug-likeness (QED) is 0.159. The number of nitrogens with one attached hydrogen (secondary N) is 2. The van der Waals surface area contributed by atoms with Gasteiger partial charge in [0.25, 0.3) is 0 Å². The van der Waals surface area contributed by atoms with Crippen molar-refractivity contribution < 1.29 is 17.1 Å². The molecule has 10 aliphatic rings. The molecule has 8 saturated carbocycles. The van der Waals surface area contributed by atoms with Gasteiger partial charge in [-0.1, -0.05) is 25.8 Å². The average Bonchev–Trinajstić information content (AvgIpc) is 3.86. The van der Waals surface area contributed by atoms with E-state index in [-0.39, 0.29) is 30.1 Å². The maximum absolute atomic E-state index is 4.07. The van der Waals surface area contributed by atoms with Gasteiger partial charge in [-0.3, -0.25) is 0 Å². The molecule has 2 aliphatic heterocycles. The maximum Gasteiger partial charge on any atom is 2.00 e. The molecular weight excluding hydrogens is 690 g/mol. The molecule has 2 aromatic rings. The van der Waals surface area contributed by atoms with E-state index < -0.39 is 8.07 Å². The van der Waals surface area contributed by atoms with Gasteiger partial charge in [-0.15, -0.1) is 17.2 Å². The fraction of sp³-hybridized carbons (Fsp3) is 0.767. The van der Waals surface area contributed by atoms with E-state index in [0.717, 1.165) is 35.5 Å². The molecule has 3 atom stereocenters. The smallest absolute Gasteiger partial charge is 0.313 e. The molecule has 2 heterocycles. The Morgan fingerprint density at radius 3 is 1.51 bits per heavy atom. The van der Waals surface area contributed by atoms with Crippen molar-refractivity contribution in [3.8, 4) is 0 Å². The van der Waals surface area contributed by atoms with Gasteiger partial charge in [0.1, 0.15) is 0 Å². The summed E-state index contributed by atoms with van der Waals surface area (Å²) in [6, 6.07) is 16.9. The molecule has 0 radical (unpaired) electrons. The summed E-state index contributed by atoms with van der Waals surface area (Å²) in [4.78, 5) is 0. The third kappa shape index (κ3) is 6.57. The minimum Gasteiger partial charge on any atom is -0.313 e. The average molecular weight is 757 g/mol. The van der Waals surface area contributed by atoms with E-state index in [0.29, 0.717) is 22.4 Å². The summed E-state index contributed by atoms with van der Waals surface area (Å²) in [5.74, 6) is 6.46. The zero-order chi connectivity index (χ0) is 32.7. The summed E-state index contributed by atoms with van der Waals surface area (Å²) in [6.45, 7) is 10.3. The topological polar surface area (TPSA) is 24.1 Å². The van der Waals surface area contributed by atoms with Crippen LogP contribution in [0.25, 0.3) is 0 Å². The first-order valence-electron chi connectivity index (χ1n) is 20.6. The summed E-state index contributed by atoms with van der Waals surface area (Å²) >= 11 is 0. The van der Waals surface area contributed by atoms with Gasteiger partial charge in [0.05, 0.1) is 8.07 Å². The van der Waals surface area contributed by atoms with E-state index in [1.54, 1.807) is 87.8 Å². The third-order valence-corrected chi connectivity index (χ3v) is 22.8. The SMILES string of the molecule is C[Si](C)(C)c1cc(CP(C23CC4CC(CC(C4)C2)C3)C23CC4CC(CC(C4)C2)C3)c(C(P)(C2CCCN2)C2CCCN2)[cH-]1.[Fe+2].c1cc[cH-]c1. The van der Waals surface area contributed by atoms with Gasteiger partial charge in [0.15, 0.2) is 0 Å². The van der Waals surface area contributed by atoms with E-state index in [1.165, 1.54) is 44.9 Å². The fourth-order valence-corrected chi connectivity index (χ4v) is 21.6. The van der Waals surface area contributed by atoms with Crippen molar-refractivity contribution in [2.24, 2.45) is 35.5 Å². The van der Waals surface area contributed by atoms with Crippen LogP contribution in [-0.2, 0) is 28.4 Å². The van der Waals surface area contributed by atoms with Crippen molar-refractivity contribution in [2.75, 3.05) is 13.1 Å². The van der Waals surface area contributed by atoms with E-state index in [2.05, 4.69) is 51.6 Å². The molecule has 6 heteroatoms. The molecule has 0 amide bonds. The van der Waals surface area contributed by atoms with Crippen LogP contribution in [-0.4, -0.2) is 43.6 Å². The number of hydrogen-bond donors (Lipinski definition) is 2. The second-order valence-electron chi connectivity index (χ2n) is 20.0. The standard InChI is InChI=1S/C38H61N2P2Si.C5H5.Fe/c1-43(2,3)32-16-31(33(17-32)38(41,34-6-4-8-39-34)35-7-5-9-40-35)24-42(36-18-25-10-26(19-36)12-27(11-25)20-36)37-21-28-13-29(22-37)15-30(14-28)23-37;1-2-4-5-3-1;/h16-17,25-30,34-35,39-40H,4-15,18-24,41H2,1-3H3;1-5H;/q2*-1;+2. The number of rotatable bonds is 8. The molecule has 49 heavy (non-hydrogen) atoms. The number of hydrogen-bond acceptors (Lipinski definition) is 2. The second-order valence-corrected chi connectivity index (χ2v) is 29.1. The van der Waals surface area contributed by atoms with Crippen LogP contribution in [0, 0.1) is 35.5 Å². The van der Waals surface area contributed by atoms with Crippen molar-refractivity contribution in [3.05, 3.63) is 53.6 Å². The molecule has 8 aliphatic carbocycles. The predicted molar refractivity (Wildman–Crippen MR) is 213 cm³/mol. The van der Waals surface area contributed by atoms with E-state index in [9.17, 15) is 0 Å². The van der Waals surface area contributed by atoms with Gasteiger partial charge in [-0.25, -0.2) is 18.2 Å². The Morgan fingerprint density at radius 2 is 1.18 bits per heavy atom. The third-order valence-electron chi connectivity index (χ3n) is 15.6. The first-order valence-corrected chi connectivity index (χ1v) is 26.2. The summed E-state index contributed by atoms with van der Waals surface area (Å²) in [5.41, 5.74) is 3.64. The van der Waals surface area contributed by atoms with Crippen molar-refractivity contribution >= 4 is 30.4 Å². The molecule has 0 spiro atoms. The van der Waals surface area contributed by atoms with Crippen LogP contribution in [0.4, 0.5) is 0 Å². The zero-order valence-corrected chi connectivity index (χ0v) is 35.1. The van der Waals surface area contributed by atoms with Crippen LogP contribution in [0.2, 0.25) is 19.6 Å². The van der Waals surface area contributed by atoms with Crippen LogP contribution in [0.1, 0.15) is 114 Å². The van der Waals surface area contributed by atoms with Gasteiger partial charge < -0.3 is 10.6 Å². The Hall–Kier alpha value is 0.216. The predicted octanol–water partition coefficient (Wildman–Crippen LogP) is 9.85. The largest absolute Gasteiger partial charge is 2.00 e. The Morgan fingerprint density at radius 1 is 0.755 bits per heavy atom. The van der Waals surface area contributed by atoms with Crippen LogP contribution < -0.4 is 15.8 Å².